The number of furan rings is 1. The first-order valence-electron chi connectivity index (χ1n) is 4.39. The minimum Gasteiger partial charge on any atom is -0.468 e. The number of nitrogens with zero attached hydrogens (tertiary/aromatic N) is 2. The van der Waals surface area contributed by atoms with Crippen molar-refractivity contribution in [1.82, 2.24) is 9.97 Å². The van der Waals surface area contributed by atoms with Crippen LogP contribution in [0.3, 0.4) is 0 Å². The zero-order valence-corrected chi connectivity index (χ0v) is 8.92. The summed E-state index contributed by atoms with van der Waals surface area (Å²) < 4.78 is 18.0. The normalized spacial score (nSPS) is 10.5. The van der Waals surface area contributed by atoms with E-state index in [9.17, 15) is 4.39 Å². The summed E-state index contributed by atoms with van der Waals surface area (Å²) in [5, 5.41) is 0.610. The molecule has 78 valence electrons. The van der Waals surface area contributed by atoms with E-state index >= 15 is 0 Å². The predicted octanol–water partition coefficient (Wildman–Crippen LogP) is 2.81. The Hall–Kier alpha value is -1.36. The van der Waals surface area contributed by atoms with Gasteiger partial charge in [-0.15, -0.1) is 0 Å². The van der Waals surface area contributed by atoms with E-state index in [2.05, 4.69) is 9.97 Å². The predicted molar refractivity (Wildman–Crippen MR) is 55.0 cm³/mol. The van der Waals surface area contributed by atoms with Crippen LogP contribution in [0.15, 0.2) is 34.2 Å². The lowest BCUT2D eigenvalue weighted by Crippen LogP contribution is -1.87. The number of aromatic nitrogens is 2. The maximum atomic E-state index is 12.7. The first-order valence-corrected chi connectivity index (χ1v) is 5.37. The van der Waals surface area contributed by atoms with Crippen molar-refractivity contribution in [3.63, 3.8) is 0 Å². The smallest absolute Gasteiger partial charge is 0.217 e. The third-order valence-electron chi connectivity index (χ3n) is 1.93. The van der Waals surface area contributed by atoms with Crippen molar-refractivity contribution in [3.8, 4) is 0 Å². The van der Waals surface area contributed by atoms with Gasteiger partial charge in [0.05, 0.1) is 12.0 Å². The summed E-state index contributed by atoms with van der Waals surface area (Å²) in [6.45, 7) is 1.97. The van der Waals surface area contributed by atoms with Gasteiger partial charge < -0.3 is 4.42 Å². The fraction of sp³-hybridized carbons (Fsp3) is 0.200. The molecule has 2 aromatic heterocycles. The SMILES string of the molecule is Cc1ccoc1CSc1cc(F)ncn1. The first kappa shape index (κ1) is 10.2. The molecule has 2 aromatic rings. The van der Waals surface area contributed by atoms with Crippen LogP contribution in [0.25, 0.3) is 0 Å². The second kappa shape index (κ2) is 4.44. The Kier molecular flexibility index (Phi) is 3.01. The molecule has 0 amide bonds. The monoisotopic (exact) mass is 224 g/mol. The summed E-state index contributed by atoms with van der Waals surface area (Å²) in [5.74, 6) is 1.03. The Bertz CT molecular complexity index is 458. The summed E-state index contributed by atoms with van der Waals surface area (Å²) in [7, 11) is 0. The fourth-order valence-corrected chi connectivity index (χ4v) is 1.96. The molecule has 5 heteroatoms. The quantitative estimate of drug-likeness (QED) is 0.593. The van der Waals surface area contributed by atoms with E-state index in [1.54, 1.807) is 6.26 Å². The third kappa shape index (κ3) is 2.56. The van der Waals surface area contributed by atoms with Crippen LogP contribution in [0.2, 0.25) is 0 Å². The standard InChI is InChI=1S/C10H9FN2OS/c1-7-2-3-14-8(7)5-15-10-4-9(11)12-6-13-10/h2-4,6H,5H2,1H3. The van der Waals surface area contributed by atoms with Crippen LogP contribution >= 0.6 is 11.8 Å². The molecule has 2 heterocycles. The van der Waals surface area contributed by atoms with Crippen LogP contribution < -0.4 is 0 Å². The van der Waals surface area contributed by atoms with E-state index in [0.717, 1.165) is 11.3 Å². The van der Waals surface area contributed by atoms with E-state index in [1.165, 1.54) is 24.2 Å². The van der Waals surface area contributed by atoms with E-state index in [-0.39, 0.29) is 0 Å². The Morgan fingerprint density at radius 3 is 3.00 bits per heavy atom. The van der Waals surface area contributed by atoms with Gasteiger partial charge in [-0.05, 0) is 18.6 Å². The molecule has 0 aliphatic heterocycles. The second-order valence-electron chi connectivity index (χ2n) is 2.99. The van der Waals surface area contributed by atoms with Gasteiger partial charge in [0.1, 0.15) is 17.1 Å². The van der Waals surface area contributed by atoms with Crippen molar-refractivity contribution in [1.29, 1.82) is 0 Å². The van der Waals surface area contributed by atoms with Crippen LogP contribution in [0, 0.1) is 12.9 Å². The topological polar surface area (TPSA) is 38.9 Å². The van der Waals surface area contributed by atoms with E-state index in [4.69, 9.17) is 4.42 Å². The van der Waals surface area contributed by atoms with Crippen LogP contribution in [0.5, 0.6) is 0 Å². The highest BCUT2D eigenvalue weighted by Crippen LogP contribution is 2.22. The molecule has 0 spiro atoms. The molecule has 0 aromatic carbocycles. The summed E-state index contributed by atoms with van der Waals surface area (Å²) in [5.41, 5.74) is 1.09. The lowest BCUT2D eigenvalue weighted by Gasteiger charge is -1.98. The highest BCUT2D eigenvalue weighted by atomic mass is 32.2. The molecule has 0 bridgehead atoms. The molecular formula is C10H9FN2OS. The van der Waals surface area contributed by atoms with Gasteiger partial charge in [-0.1, -0.05) is 11.8 Å². The molecule has 0 radical (unpaired) electrons. The van der Waals surface area contributed by atoms with E-state index < -0.39 is 5.95 Å². The van der Waals surface area contributed by atoms with Crippen molar-refractivity contribution in [2.24, 2.45) is 0 Å². The molecule has 0 aliphatic carbocycles. The average Bonchev–Trinajstić information content (AvgIpc) is 2.61. The largest absolute Gasteiger partial charge is 0.468 e. The molecular weight excluding hydrogens is 215 g/mol. The summed E-state index contributed by atoms with van der Waals surface area (Å²) in [6, 6.07) is 3.21. The van der Waals surface area contributed by atoms with Crippen molar-refractivity contribution >= 4 is 11.8 Å². The van der Waals surface area contributed by atoms with Gasteiger partial charge in [0, 0.05) is 6.07 Å². The highest BCUT2D eigenvalue weighted by molar-refractivity contribution is 7.98. The Labute approximate surface area is 90.7 Å². The van der Waals surface area contributed by atoms with Crippen molar-refractivity contribution in [3.05, 3.63) is 42.0 Å². The van der Waals surface area contributed by atoms with E-state index in [0.29, 0.717) is 10.8 Å². The molecule has 0 saturated heterocycles. The third-order valence-corrected chi connectivity index (χ3v) is 2.85. The van der Waals surface area contributed by atoms with E-state index in [1.807, 2.05) is 13.0 Å². The van der Waals surface area contributed by atoms with Crippen molar-refractivity contribution < 1.29 is 8.81 Å². The molecule has 0 fully saturated rings. The summed E-state index contributed by atoms with van der Waals surface area (Å²) >= 11 is 1.42. The molecule has 15 heavy (non-hydrogen) atoms. The summed E-state index contributed by atoms with van der Waals surface area (Å²) in [6.07, 6.45) is 2.86. The minimum atomic E-state index is -0.510. The van der Waals surface area contributed by atoms with Crippen LogP contribution in [0.1, 0.15) is 11.3 Å². The highest BCUT2D eigenvalue weighted by Gasteiger charge is 2.04. The van der Waals surface area contributed by atoms with Crippen LogP contribution in [-0.4, -0.2) is 9.97 Å². The molecule has 0 N–H and O–H groups in total. The number of halogens is 1. The minimum absolute atomic E-state index is 0.510. The Balaban J connectivity index is 2.02. The van der Waals surface area contributed by atoms with Gasteiger partial charge in [0.2, 0.25) is 5.95 Å². The average molecular weight is 224 g/mol. The zero-order valence-electron chi connectivity index (χ0n) is 8.11. The lowest BCUT2D eigenvalue weighted by molar-refractivity contribution is 0.527. The zero-order chi connectivity index (χ0) is 10.7. The van der Waals surface area contributed by atoms with Gasteiger partial charge in [-0.25, -0.2) is 9.97 Å². The van der Waals surface area contributed by atoms with Gasteiger partial charge in [-0.2, -0.15) is 4.39 Å². The lowest BCUT2D eigenvalue weighted by atomic mass is 10.3. The van der Waals surface area contributed by atoms with Crippen LogP contribution in [0.4, 0.5) is 4.39 Å². The number of rotatable bonds is 3. The van der Waals surface area contributed by atoms with Crippen molar-refractivity contribution in [2.75, 3.05) is 0 Å². The van der Waals surface area contributed by atoms with Gasteiger partial charge in [-0.3, -0.25) is 0 Å². The first-order chi connectivity index (χ1) is 7.25. The molecule has 0 aliphatic rings. The maximum Gasteiger partial charge on any atom is 0.217 e. The Morgan fingerprint density at radius 1 is 1.47 bits per heavy atom. The number of aryl methyl sites for hydroxylation is 1. The fourth-order valence-electron chi connectivity index (χ4n) is 1.09. The van der Waals surface area contributed by atoms with Crippen molar-refractivity contribution in [2.45, 2.75) is 17.7 Å². The number of hydrogen-bond acceptors (Lipinski definition) is 4. The summed E-state index contributed by atoms with van der Waals surface area (Å²) in [4.78, 5) is 7.33. The number of hydrogen-bond donors (Lipinski definition) is 0. The maximum absolute atomic E-state index is 12.7. The second-order valence-corrected chi connectivity index (χ2v) is 3.99. The van der Waals surface area contributed by atoms with Gasteiger partial charge >= 0.3 is 0 Å². The molecule has 3 nitrogen and oxygen atoms in total. The molecule has 0 unspecified atom stereocenters. The molecule has 0 atom stereocenters. The number of thioether (sulfide) groups is 1. The molecule has 0 saturated carbocycles. The van der Waals surface area contributed by atoms with Gasteiger partial charge in [0.25, 0.3) is 0 Å². The molecule has 2 rings (SSSR count). The van der Waals surface area contributed by atoms with Gasteiger partial charge in [0.15, 0.2) is 0 Å². The Morgan fingerprint density at radius 2 is 2.33 bits per heavy atom. The van der Waals surface area contributed by atoms with Crippen LogP contribution in [-0.2, 0) is 5.75 Å².